The zero-order valence-electron chi connectivity index (χ0n) is 8.17. The molecule has 0 aliphatic carbocycles. The average Bonchev–Trinajstić information content (AvgIpc) is 2.25. The lowest BCUT2D eigenvalue weighted by molar-refractivity contribution is -0.384. The second kappa shape index (κ2) is 5.32. The van der Waals surface area contributed by atoms with Crippen LogP contribution in [-0.4, -0.2) is 28.5 Å². The molecule has 7 heteroatoms. The predicted octanol–water partition coefficient (Wildman–Crippen LogP) is 2.32. The highest BCUT2D eigenvalue weighted by Gasteiger charge is 2.22. The number of rotatable bonds is 4. The molecule has 1 aromatic rings. The van der Waals surface area contributed by atoms with E-state index in [1.807, 2.05) is 0 Å². The van der Waals surface area contributed by atoms with Gasteiger partial charge in [-0.25, -0.2) is 4.79 Å². The van der Waals surface area contributed by atoms with Gasteiger partial charge in [0.05, 0.1) is 4.92 Å². The van der Waals surface area contributed by atoms with Gasteiger partial charge in [-0.05, 0) is 6.07 Å². The minimum Gasteiger partial charge on any atom is -0.465 e. The lowest BCUT2D eigenvalue weighted by Gasteiger charge is -2.17. The highest BCUT2D eigenvalue weighted by molar-refractivity contribution is 6.18. The van der Waals surface area contributed by atoms with Crippen molar-refractivity contribution >= 4 is 29.1 Å². The fraction of sp³-hybridized carbons (Fsp3) is 0.222. The summed E-state index contributed by atoms with van der Waals surface area (Å²) in [5.74, 6) is 0.0678. The molecule has 0 atom stereocenters. The molecule has 0 radical (unpaired) electrons. The highest BCUT2D eigenvalue weighted by atomic mass is 35.5. The quantitative estimate of drug-likeness (QED) is 0.500. The molecule has 1 N–H and O–H groups in total. The fourth-order valence-corrected chi connectivity index (χ4v) is 1.42. The molecule has 0 aliphatic heterocycles. The van der Waals surface area contributed by atoms with E-state index in [0.29, 0.717) is 0 Å². The largest absolute Gasteiger partial charge is 0.465 e. The van der Waals surface area contributed by atoms with Crippen LogP contribution in [0.1, 0.15) is 0 Å². The van der Waals surface area contributed by atoms with E-state index in [4.69, 9.17) is 16.7 Å². The van der Waals surface area contributed by atoms with Crippen molar-refractivity contribution in [2.45, 2.75) is 0 Å². The number of hydrogen-bond donors (Lipinski definition) is 1. The van der Waals surface area contributed by atoms with Crippen LogP contribution in [-0.2, 0) is 0 Å². The van der Waals surface area contributed by atoms with Gasteiger partial charge in [-0.15, -0.1) is 11.6 Å². The van der Waals surface area contributed by atoms with E-state index in [2.05, 4.69) is 0 Å². The van der Waals surface area contributed by atoms with Crippen molar-refractivity contribution < 1.29 is 14.8 Å². The zero-order chi connectivity index (χ0) is 12.1. The van der Waals surface area contributed by atoms with Crippen LogP contribution in [0.4, 0.5) is 16.2 Å². The lowest BCUT2D eigenvalue weighted by atomic mass is 10.2. The summed E-state index contributed by atoms with van der Waals surface area (Å²) in [6.07, 6.45) is -1.27. The Kier molecular flexibility index (Phi) is 4.07. The number of carboxylic acid groups (broad SMARTS) is 1. The lowest BCUT2D eigenvalue weighted by Crippen LogP contribution is -2.31. The van der Waals surface area contributed by atoms with Gasteiger partial charge in [0.1, 0.15) is 5.69 Å². The first-order chi connectivity index (χ1) is 7.57. The number of hydrogen-bond acceptors (Lipinski definition) is 3. The number of nitrogens with zero attached hydrogens (tertiary/aromatic N) is 2. The Hall–Kier alpha value is -1.82. The van der Waals surface area contributed by atoms with Crippen LogP contribution in [0.5, 0.6) is 0 Å². The number of halogens is 1. The first-order valence-electron chi connectivity index (χ1n) is 4.37. The molecule has 0 heterocycles. The monoisotopic (exact) mass is 244 g/mol. The van der Waals surface area contributed by atoms with Gasteiger partial charge in [0, 0.05) is 18.5 Å². The minimum atomic E-state index is -1.27. The highest BCUT2D eigenvalue weighted by Crippen LogP contribution is 2.27. The third kappa shape index (κ3) is 2.60. The van der Waals surface area contributed by atoms with Crippen molar-refractivity contribution in [2.24, 2.45) is 0 Å². The number of alkyl halides is 1. The van der Waals surface area contributed by atoms with Crippen molar-refractivity contribution in [3.05, 3.63) is 34.4 Å². The van der Waals surface area contributed by atoms with E-state index in [0.717, 1.165) is 4.90 Å². The second-order valence-corrected chi connectivity index (χ2v) is 3.25. The summed E-state index contributed by atoms with van der Waals surface area (Å²) in [7, 11) is 0. The van der Waals surface area contributed by atoms with Crippen LogP contribution >= 0.6 is 11.6 Å². The third-order valence-corrected chi connectivity index (χ3v) is 2.08. The van der Waals surface area contributed by atoms with E-state index in [9.17, 15) is 14.9 Å². The molecule has 16 heavy (non-hydrogen) atoms. The van der Waals surface area contributed by atoms with Gasteiger partial charge in [0.15, 0.2) is 0 Å². The molecule has 6 nitrogen and oxygen atoms in total. The zero-order valence-corrected chi connectivity index (χ0v) is 8.92. The van der Waals surface area contributed by atoms with Crippen molar-refractivity contribution in [1.82, 2.24) is 0 Å². The van der Waals surface area contributed by atoms with Gasteiger partial charge in [-0.2, -0.15) is 0 Å². The Morgan fingerprint density at radius 2 is 2.12 bits per heavy atom. The third-order valence-electron chi connectivity index (χ3n) is 1.91. The van der Waals surface area contributed by atoms with Gasteiger partial charge in [0.25, 0.3) is 5.69 Å². The van der Waals surface area contributed by atoms with Gasteiger partial charge in [0.2, 0.25) is 0 Å². The Labute approximate surface area is 96.2 Å². The number of nitro groups is 1. The Bertz CT molecular complexity index is 410. The van der Waals surface area contributed by atoms with Crippen LogP contribution in [0.2, 0.25) is 0 Å². The van der Waals surface area contributed by atoms with Crippen molar-refractivity contribution in [1.29, 1.82) is 0 Å². The molecule has 1 rings (SSSR count). The molecular weight excluding hydrogens is 236 g/mol. The first-order valence-corrected chi connectivity index (χ1v) is 4.91. The molecular formula is C9H9ClN2O4. The van der Waals surface area contributed by atoms with Gasteiger partial charge >= 0.3 is 6.09 Å². The topological polar surface area (TPSA) is 83.7 Å². The standard InChI is InChI=1S/C9H9ClN2O4/c10-5-6-11(9(13)14)7-3-1-2-4-8(7)12(15)16/h1-4H,5-6H2,(H,13,14). The number of para-hydroxylation sites is 2. The molecule has 0 bridgehead atoms. The second-order valence-electron chi connectivity index (χ2n) is 2.87. The number of amides is 1. The minimum absolute atomic E-state index is 0.00173. The summed E-state index contributed by atoms with van der Waals surface area (Å²) in [5.41, 5.74) is -0.226. The molecule has 0 unspecified atom stereocenters. The number of benzene rings is 1. The van der Waals surface area contributed by atoms with Crippen LogP contribution in [0.25, 0.3) is 0 Å². The van der Waals surface area contributed by atoms with Crippen molar-refractivity contribution in [2.75, 3.05) is 17.3 Å². The van der Waals surface area contributed by atoms with Crippen LogP contribution in [0.3, 0.4) is 0 Å². The molecule has 0 saturated carbocycles. The van der Waals surface area contributed by atoms with E-state index >= 15 is 0 Å². The first kappa shape index (κ1) is 12.3. The van der Waals surface area contributed by atoms with E-state index < -0.39 is 11.0 Å². The van der Waals surface area contributed by atoms with Gasteiger partial charge in [-0.1, -0.05) is 12.1 Å². The molecule has 0 aromatic heterocycles. The van der Waals surface area contributed by atoms with Crippen LogP contribution in [0, 0.1) is 10.1 Å². The van der Waals surface area contributed by atoms with Crippen LogP contribution in [0.15, 0.2) is 24.3 Å². The van der Waals surface area contributed by atoms with Gasteiger partial charge < -0.3 is 5.11 Å². The maximum atomic E-state index is 10.9. The summed E-state index contributed by atoms with van der Waals surface area (Å²) in [6.45, 7) is 0.00173. The van der Waals surface area contributed by atoms with E-state index in [-0.39, 0.29) is 23.8 Å². The SMILES string of the molecule is O=C(O)N(CCCl)c1ccccc1[N+](=O)[O-]. The normalized spacial score (nSPS) is 9.81. The Morgan fingerprint density at radius 1 is 1.50 bits per heavy atom. The smallest absolute Gasteiger partial charge is 0.412 e. The summed E-state index contributed by atoms with van der Waals surface area (Å²) >= 11 is 5.45. The summed E-state index contributed by atoms with van der Waals surface area (Å²) < 4.78 is 0. The van der Waals surface area contributed by atoms with Crippen molar-refractivity contribution in [3.8, 4) is 0 Å². The summed E-state index contributed by atoms with van der Waals surface area (Å²) in [4.78, 5) is 21.8. The maximum absolute atomic E-state index is 10.9. The summed E-state index contributed by atoms with van der Waals surface area (Å²) in [5, 5.41) is 19.6. The van der Waals surface area contributed by atoms with Gasteiger partial charge in [-0.3, -0.25) is 15.0 Å². The van der Waals surface area contributed by atoms with E-state index in [1.54, 1.807) is 0 Å². The fourth-order valence-electron chi connectivity index (χ4n) is 1.25. The molecule has 1 amide bonds. The molecule has 0 spiro atoms. The molecule has 0 aliphatic rings. The molecule has 86 valence electrons. The van der Waals surface area contributed by atoms with Crippen LogP contribution < -0.4 is 4.90 Å². The number of anilines is 1. The maximum Gasteiger partial charge on any atom is 0.412 e. The number of nitro benzene ring substituents is 1. The summed E-state index contributed by atoms with van der Waals surface area (Å²) in [6, 6.07) is 5.63. The average molecular weight is 245 g/mol. The van der Waals surface area contributed by atoms with E-state index in [1.165, 1.54) is 24.3 Å². The molecule has 1 aromatic carbocycles. The number of carbonyl (C=O) groups is 1. The Morgan fingerprint density at radius 3 is 2.62 bits per heavy atom. The predicted molar refractivity (Wildman–Crippen MR) is 59.2 cm³/mol. The Balaban J connectivity index is 3.17. The molecule has 0 fully saturated rings. The molecule has 0 saturated heterocycles. The van der Waals surface area contributed by atoms with Crippen molar-refractivity contribution in [3.63, 3.8) is 0 Å².